The molecule has 0 radical (unpaired) electrons. The predicted molar refractivity (Wildman–Crippen MR) is 46.6 cm³/mol. The van der Waals surface area contributed by atoms with E-state index in [1.807, 2.05) is 4.89 Å². The van der Waals surface area contributed by atoms with E-state index in [1.165, 1.54) is 0 Å². The SMILES string of the molecule is CCONS(=O)(=O)NC(C)(C)C. The third kappa shape index (κ3) is 6.53. The minimum Gasteiger partial charge on any atom is -0.286 e. The summed E-state index contributed by atoms with van der Waals surface area (Å²) in [5, 5.41) is 0. The van der Waals surface area contributed by atoms with Crippen LogP contribution >= 0.6 is 0 Å². The van der Waals surface area contributed by atoms with Crippen LogP contribution in [0.1, 0.15) is 27.7 Å². The van der Waals surface area contributed by atoms with Crippen LogP contribution in [-0.4, -0.2) is 20.6 Å². The third-order valence-electron chi connectivity index (χ3n) is 0.754. The summed E-state index contributed by atoms with van der Waals surface area (Å²) in [6.45, 7) is 7.24. The summed E-state index contributed by atoms with van der Waals surface area (Å²) in [5.74, 6) is 0. The van der Waals surface area contributed by atoms with E-state index < -0.39 is 15.7 Å². The number of hydrogen-bond acceptors (Lipinski definition) is 3. The monoisotopic (exact) mass is 196 g/mol. The zero-order valence-corrected chi connectivity index (χ0v) is 8.66. The lowest BCUT2D eigenvalue weighted by Crippen LogP contribution is -2.46. The van der Waals surface area contributed by atoms with Gasteiger partial charge in [-0.3, -0.25) is 4.84 Å². The normalized spacial score (nSPS) is 13.3. The Hall–Kier alpha value is -0.170. The van der Waals surface area contributed by atoms with E-state index in [4.69, 9.17) is 0 Å². The second-order valence-corrected chi connectivity index (χ2v) is 4.75. The lowest BCUT2D eigenvalue weighted by molar-refractivity contribution is 0.103. The minimum absolute atomic E-state index is 0.297. The fourth-order valence-corrected chi connectivity index (χ4v) is 1.68. The van der Waals surface area contributed by atoms with Gasteiger partial charge in [0.2, 0.25) is 0 Å². The molecule has 0 spiro atoms. The Balaban J connectivity index is 4.06. The van der Waals surface area contributed by atoms with Crippen LogP contribution in [0, 0.1) is 0 Å². The Morgan fingerprint density at radius 3 is 2.17 bits per heavy atom. The Bertz CT molecular complexity index is 217. The molecule has 0 aromatic carbocycles. The van der Waals surface area contributed by atoms with Gasteiger partial charge in [0.25, 0.3) is 10.2 Å². The fraction of sp³-hybridized carbons (Fsp3) is 1.00. The molecule has 0 rings (SSSR count). The van der Waals surface area contributed by atoms with Crippen molar-refractivity contribution in [1.29, 1.82) is 0 Å². The van der Waals surface area contributed by atoms with Crippen molar-refractivity contribution < 1.29 is 13.3 Å². The molecule has 5 nitrogen and oxygen atoms in total. The Labute approximate surface area is 73.6 Å². The van der Waals surface area contributed by atoms with Crippen LogP contribution in [-0.2, 0) is 15.0 Å². The van der Waals surface area contributed by atoms with Crippen LogP contribution in [0.15, 0.2) is 0 Å². The molecule has 0 bridgehead atoms. The van der Waals surface area contributed by atoms with Gasteiger partial charge in [-0.2, -0.15) is 13.1 Å². The van der Waals surface area contributed by atoms with E-state index >= 15 is 0 Å². The first kappa shape index (κ1) is 11.8. The lowest BCUT2D eigenvalue weighted by atomic mass is 10.1. The summed E-state index contributed by atoms with van der Waals surface area (Å²) < 4.78 is 24.5. The van der Waals surface area contributed by atoms with Gasteiger partial charge in [-0.1, -0.05) is 4.89 Å². The van der Waals surface area contributed by atoms with Gasteiger partial charge in [-0.25, -0.2) is 0 Å². The van der Waals surface area contributed by atoms with Crippen LogP contribution in [0.2, 0.25) is 0 Å². The van der Waals surface area contributed by atoms with Crippen molar-refractivity contribution in [1.82, 2.24) is 9.61 Å². The van der Waals surface area contributed by atoms with E-state index in [2.05, 4.69) is 9.56 Å². The maximum absolute atomic E-state index is 11.1. The summed E-state index contributed by atoms with van der Waals surface area (Å²) in [6, 6.07) is 0. The highest BCUT2D eigenvalue weighted by Crippen LogP contribution is 1.99. The van der Waals surface area contributed by atoms with E-state index in [1.54, 1.807) is 27.7 Å². The molecule has 0 saturated carbocycles. The summed E-state index contributed by atoms with van der Waals surface area (Å²) in [6.07, 6.45) is 0. The molecule has 74 valence electrons. The van der Waals surface area contributed by atoms with Gasteiger partial charge in [-0.15, -0.1) is 0 Å². The van der Waals surface area contributed by atoms with Crippen LogP contribution in [0.25, 0.3) is 0 Å². The van der Waals surface area contributed by atoms with Crippen molar-refractivity contribution in [3.05, 3.63) is 0 Å². The Morgan fingerprint density at radius 1 is 1.33 bits per heavy atom. The van der Waals surface area contributed by atoms with Gasteiger partial charge >= 0.3 is 0 Å². The molecule has 0 atom stereocenters. The predicted octanol–water partition coefficient (Wildman–Crippen LogP) is 0.160. The second-order valence-electron chi connectivity index (χ2n) is 3.37. The number of rotatable bonds is 4. The van der Waals surface area contributed by atoms with Crippen molar-refractivity contribution in [2.75, 3.05) is 6.61 Å². The highest BCUT2D eigenvalue weighted by atomic mass is 32.2. The van der Waals surface area contributed by atoms with Crippen molar-refractivity contribution in [2.45, 2.75) is 33.2 Å². The van der Waals surface area contributed by atoms with E-state index in [9.17, 15) is 8.42 Å². The first-order chi connectivity index (χ1) is 5.27. The summed E-state index contributed by atoms with van der Waals surface area (Å²) in [5.41, 5.74) is -0.497. The van der Waals surface area contributed by atoms with E-state index in [0.717, 1.165) is 0 Å². The van der Waals surface area contributed by atoms with Crippen LogP contribution in [0.4, 0.5) is 0 Å². The molecular formula is C6H16N2O3S. The molecule has 0 heterocycles. The maximum Gasteiger partial charge on any atom is 0.299 e. The quantitative estimate of drug-likeness (QED) is 0.629. The Kier molecular flexibility index (Phi) is 4.12. The highest BCUT2D eigenvalue weighted by molar-refractivity contribution is 7.87. The van der Waals surface area contributed by atoms with Gasteiger partial charge in [0.05, 0.1) is 6.61 Å². The molecule has 0 aliphatic heterocycles. The highest BCUT2D eigenvalue weighted by Gasteiger charge is 2.19. The van der Waals surface area contributed by atoms with Gasteiger partial charge in [0.15, 0.2) is 0 Å². The van der Waals surface area contributed by atoms with Crippen molar-refractivity contribution in [3.8, 4) is 0 Å². The Morgan fingerprint density at radius 2 is 1.83 bits per heavy atom. The minimum atomic E-state index is -3.52. The molecule has 0 aromatic heterocycles. The van der Waals surface area contributed by atoms with Gasteiger partial charge in [0, 0.05) is 5.54 Å². The second kappa shape index (κ2) is 4.18. The summed E-state index contributed by atoms with van der Waals surface area (Å²) in [7, 11) is -3.52. The largest absolute Gasteiger partial charge is 0.299 e. The molecular weight excluding hydrogens is 180 g/mol. The molecule has 0 aliphatic carbocycles. The smallest absolute Gasteiger partial charge is 0.286 e. The first-order valence-corrected chi connectivity index (χ1v) is 5.17. The van der Waals surface area contributed by atoms with Gasteiger partial charge in [-0.05, 0) is 27.7 Å². The van der Waals surface area contributed by atoms with Crippen molar-refractivity contribution >= 4 is 10.2 Å². The molecule has 0 fully saturated rings. The third-order valence-corrected chi connectivity index (χ3v) is 1.97. The summed E-state index contributed by atoms with van der Waals surface area (Å²) in [4.78, 5) is 6.47. The number of nitrogens with one attached hydrogen (secondary N) is 2. The maximum atomic E-state index is 11.1. The molecule has 0 amide bonds. The zero-order chi connectivity index (χ0) is 9.83. The average Bonchev–Trinajstić information content (AvgIpc) is 1.78. The van der Waals surface area contributed by atoms with Crippen molar-refractivity contribution in [3.63, 3.8) is 0 Å². The first-order valence-electron chi connectivity index (χ1n) is 3.69. The number of hydrogen-bond donors (Lipinski definition) is 2. The standard InChI is InChI=1S/C6H16N2O3S/c1-5-11-8-12(9,10)7-6(2,3)4/h7-8H,5H2,1-4H3. The van der Waals surface area contributed by atoms with Crippen LogP contribution < -0.4 is 9.61 Å². The molecule has 6 heteroatoms. The summed E-state index contributed by atoms with van der Waals surface area (Å²) >= 11 is 0. The van der Waals surface area contributed by atoms with Gasteiger partial charge < -0.3 is 0 Å². The van der Waals surface area contributed by atoms with Gasteiger partial charge in [0.1, 0.15) is 0 Å². The molecule has 0 aromatic rings. The lowest BCUT2D eigenvalue weighted by Gasteiger charge is -2.19. The topological polar surface area (TPSA) is 67.4 Å². The van der Waals surface area contributed by atoms with Crippen LogP contribution in [0.5, 0.6) is 0 Å². The zero-order valence-electron chi connectivity index (χ0n) is 7.84. The molecule has 2 N–H and O–H groups in total. The van der Waals surface area contributed by atoms with Crippen LogP contribution in [0.3, 0.4) is 0 Å². The molecule has 0 aliphatic rings. The molecule has 0 unspecified atom stereocenters. The molecule has 0 saturated heterocycles. The average molecular weight is 196 g/mol. The molecule has 12 heavy (non-hydrogen) atoms. The van der Waals surface area contributed by atoms with E-state index in [-0.39, 0.29) is 0 Å². The van der Waals surface area contributed by atoms with E-state index in [0.29, 0.717) is 6.61 Å². The fourth-order valence-electron chi connectivity index (χ4n) is 0.560. The van der Waals surface area contributed by atoms with Crippen molar-refractivity contribution in [2.24, 2.45) is 0 Å².